The van der Waals surface area contributed by atoms with E-state index in [4.69, 9.17) is 27.9 Å². The lowest BCUT2D eigenvalue weighted by Gasteiger charge is -2.09. The Bertz CT molecular complexity index is 624. The summed E-state index contributed by atoms with van der Waals surface area (Å²) < 4.78 is 6.08. The van der Waals surface area contributed by atoms with Gasteiger partial charge in [0.15, 0.2) is 5.15 Å². The minimum absolute atomic E-state index is 0.103. The zero-order chi connectivity index (χ0) is 14.7. The van der Waals surface area contributed by atoms with Crippen LogP contribution in [0.3, 0.4) is 0 Å². The monoisotopic (exact) mass is 330 g/mol. The molecule has 0 bridgehead atoms. The third-order valence-electron chi connectivity index (χ3n) is 2.46. The van der Waals surface area contributed by atoms with E-state index < -0.39 is 0 Å². The summed E-state index contributed by atoms with van der Waals surface area (Å²) >= 11 is 12.9. The molecule has 0 saturated heterocycles. The average Bonchev–Trinajstić information content (AvgIpc) is 2.69. The number of amides is 1. The van der Waals surface area contributed by atoms with Gasteiger partial charge in [-0.3, -0.25) is 4.79 Å². The van der Waals surface area contributed by atoms with Crippen LogP contribution in [0.1, 0.15) is 17.5 Å². The highest BCUT2D eigenvalue weighted by molar-refractivity contribution is 7.16. The number of ether oxygens (including phenoxy) is 1. The molecular weight excluding hydrogens is 319 g/mol. The topological polar surface area (TPSA) is 51.2 Å². The van der Waals surface area contributed by atoms with E-state index in [1.807, 2.05) is 13.0 Å². The summed E-state index contributed by atoms with van der Waals surface area (Å²) in [6.07, 6.45) is 0. The van der Waals surface area contributed by atoms with Gasteiger partial charge in [0.05, 0.1) is 0 Å². The standard InChI is InChI=1S/C13H12Cl2N2O2S/c1-7-5-9(3-4-10(7)16-8(2)18)19-6-11-17-12(14)13(15)20-11/h3-5H,6H2,1-2H3,(H,16,18). The molecule has 0 fully saturated rings. The van der Waals surface area contributed by atoms with Gasteiger partial charge in [0, 0.05) is 12.6 Å². The normalized spacial score (nSPS) is 10.4. The summed E-state index contributed by atoms with van der Waals surface area (Å²) in [6, 6.07) is 5.44. The molecule has 106 valence electrons. The lowest BCUT2D eigenvalue weighted by atomic mass is 10.2. The summed E-state index contributed by atoms with van der Waals surface area (Å²) in [5, 5.41) is 3.76. The van der Waals surface area contributed by atoms with Crippen LogP contribution < -0.4 is 10.1 Å². The second kappa shape index (κ2) is 6.43. The number of anilines is 1. The fraction of sp³-hybridized carbons (Fsp3) is 0.231. The van der Waals surface area contributed by atoms with Crippen molar-refractivity contribution in [3.05, 3.63) is 38.3 Å². The summed E-state index contributed by atoms with van der Waals surface area (Å²) in [4.78, 5) is 15.1. The van der Waals surface area contributed by atoms with Crippen LogP contribution in [0.15, 0.2) is 18.2 Å². The van der Waals surface area contributed by atoms with E-state index >= 15 is 0 Å². The molecule has 1 aromatic heterocycles. The Morgan fingerprint density at radius 2 is 2.20 bits per heavy atom. The first kappa shape index (κ1) is 15.1. The Hall–Kier alpha value is -1.30. The van der Waals surface area contributed by atoms with Crippen molar-refractivity contribution in [1.82, 2.24) is 4.98 Å². The second-order valence-corrected chi connectivity index (χ2v) is 6.16. The summed E-state index contributed by atoms with van der Waals surface area (Å²) in [6.45, 7) is 3.67. The quantitative estimate of drug-likeness (QED) is 0.909. The van der Waals surface area contributed by atoms with Gasteiger partial charge in [-0.25, -0.2) is 4.98 Å². The largest absolute Gasteiger partial charge is 0.486 e. The predicted molar refractivity (Wildman–Crippen MR) is 81.9 cm³/mol. The molecule has 1 aromatic carbocycles. The SMILES string of the molecule is CC(=O)Nc1ccc(OCc2nc(Cl)c(Cl)s2)cc1C. The maximum absolute atomic E-state index is 11.0. The molecule has 0 aliphatic rings. The average molecular weight is 331 g/mol. The molecule has 0 spiro atoms. The van der Waals surface area contributed by atoms with E-state index in [0.717, 1.165) is 11.3 Å². The van der Waals surface area contributed by atoms with E-state index in [9.17, 15) is 4.79 Å². The number of nitrogens with zero attached hydrogens (tertiary/aromatic N) is 1. The molecule has 20 heavy (non-hydrogen) atoms. The lowest BCUT2D eigenvalue weighted by Crippen LogP contribution is -2.07. The molecule has 1 N–H and O–H groups in total. The van der Waals surface area contributed by atoms with Crippen molar-refractivity contribution in [2.45, 2.75) is 20.5 Å². The van der Waals surface area contributed by atoms with E-state index in [0.29, 0.717) is 26.9 Å². The van der Waals surface area contributed by atoms with Crippen molar-refractivity contribution in [3.8, 4) is 5.75 Å². The zero-order valence-corrected chi connectivity index (χ0v) is 13.2. The van der Waals surface area contributed by atoms with Gasteiger partial charge in [-0.05, 0) is 30.7 Å². The number of nitrogens with one attached hydrogen (secondary N) is 1. The fourth-order valence-corrected chi connectivity index (χ4v) is 2.75. The molecule has 0 radical (unpaired) electrons. The third-order valence-corrected chi connectivity index (χ3v) is 4.17. The fourth-order valence-electron chi connectivity index (χ4n) is 1.58. The summed E-state index contributed by atoms with van der Waals surface area (Å²) in [7, 11) is 0. The van der Waals surface area contributed by atoms with Crippen molar-refractivity contribution in [2.24, 2.45) is 0 Å². The zero-order valence-electron chi connectivity index (χ0n) is 10.9. The van der Waals surface area contributed by atoms with Crippen LogP contribution in [0.2, 0.25) is 9.49 Å². The van der Waals surface area contributed by atoms with Crippen molar-refractivity contribution in [3.63, 3.8) is 0 Å². The van der Waals surface area contributed by atoms with Gasteiger partial charge in [-0.15, -0.1) is 11.3 Å². The number of hydrogen-bond donors (Lipinski definition) is 1. The Morgan fingerprint density at radius 1 is 1.45 bits per heavy atom. The van der Waals surface area contributed by atoms with Crippen molar-refractivity contribution >= 4 is 46.1 Å². The second-order valence-electron chi connectivity index (χ2n) is 4.12. The highest BCUT2D eigenvalue weighted by Gasteiger charge is 2.08. The molecule has 0 aliphatic carbocycles. The number of halogens is 2. The third kappa shape index (κ3) is 3.85. The van der Waals surface area contributed by atoms with Crippen LogP contribution in [-0.2, 0) is 11.4 Å². The molecular formula is C13H12Cl2N2O2S. The Morgan fingerprint density at radius 3 is 2.75 bits per heavy atom. The number of hydrogen-bond acceptors (Lipinski definition) is 4. The van der Waals surface area contributed by atoms with Crippen LogP contribution in [0, 0.1) is 6.92 Å². The predicted octanol–water partition coefficient (Wildman–Crippen LogP) is 4.30. The molecule has 0 atom stereocenters. The number of thiazole rings is 1. The minimum atomic E-state index is -0.103. The molecule has 1 heterocycles. The first-order chi connectivity index (χ1) is 9.45. The van der Waals surface area contributed by atoms with Crippen LogP contribution in [0.25, 0.3) is 0 Å². The molecule has 0 saturated carbocycles. The van der Waals surface area contributed by atoms with Gasteiger partial charge in [-0.1, -0.05) is 23.2 Å². The molecule has 2 rings (SSSR count). The molecule has 4 nitrogen and oxygen atoms in total. The Labute approximate surface area is 130 Å². The number of carbonyl (C=O) groups excluding carboxylic acids is 1. The highest BCUT2D eigenvalue weighted by Crippen LogP contribution is 2.29. The van der Waals surface area contributed by atoms with Crippen LogP contribution in [0.4, 0.5) is 5.69 Å². The molecule has 1 amide bonds. The molecule has 2 aromatic rings. The number of aromatic nitrogens is 1. The maximum Gasteiger partial charge on any atom is 0.221 e. The van der Waals surface area contributed by atoms with E-state index in [1.165, 1.54) is 18.3 Å². The van der Waals surface area contributed by atoms with Gasteiger partial charge >= 0.3 is 0 Å². The number of carbonyl (C=O) groups is 1. The number of benzene rings is 1. The summed E-state index contributed by atoms with van der Waals surface area (Å²) in [5.41, 5.74) is 1.69. The van der Waals surface area contributed by atoms with E-state index in [2.05, 4.69) is 10.3 Å². The van der Waals surface area contributed by atoms with Crippen LogP contribution in [-0.4, -0.2) is 10.9 Å². The smallest absolute Gasteiger partial charge is 0.221 e. The van der Waals surface area contributed by atoms with E-state index in [-0.39, 0.29) is 5.91 Å². The number of aryl methyl sites for hydroxylation is 1. The van der Waals surface area contributed by atoms with Crippen LogP contribution >= 0.6 is 34.5 Å². The van der Waals surface area contributed by atoms with Gasteiger partial charge < -0.3 is 10.1 Å². The molecule has 7 heteroatoms. The van der Waals surface area contributed by atoms with Crippen molar-refractivity contribution < 1.29 is 9.53 Å². The maximum atomic E-state index is 11.0. The first-order valence-corrected chi connectivity index (χ1v) is 7.34. The van der Waals surface area contributed by atoms with Gasteiger partial charge in [0.2, 0.25) is 5.91 Å². The molecule has 0 aliphatic heterocycles. The number of rotatable bonds is 4. The van der Waals surface area contributed by atoms with Gasteiger partial charge in [-0.2, -0.15) is 0 Å². The van der Waals surface area contributed by atoms with Gasteiger partial charge in [0.25, 0.3) is 0 Å². The summed E-state index contributed by atoms with van der Waals surface area (Å²) in [5.74, 6) is 0.591. The van der Waals surface area contributed by atoms with E-state index in [1.54, 1.807) is 12.1 Å². The minimum Gasteiger partial charge on any atom is -0.486 e. The Balaban J connectivity index is 2.03. The van der Waals surface area contributed by atoms with Crippen LogP contribution in [0.5, 0.6) is 5.75 Å². The van der Waals surface area contributed by atoms with Crippen molar-refractivity contribution in [1.29, 1.82) is 0 Å². The Kier molecular flexibility index (Phi) is 4.86. The molecule has 0 unspecified atom stereocenters. The lowest BCUT2D eigenvalue weighted by molar-refractivity contribution is -0.114. The highest BCUT2D eigenvalue weighted by atomic mass is 35.5. The van der Waals surface area contributed by atoms with Crippen molar-refractivity contribution in [2.75, 3.05) is 5.32 Å². The first-order valence-electron chi connectivity index (χ1n) is 5.77. The van der Waals surface area contributed by atoms with Gasteiger partial charge in [0.1, 0.15) is 21.7 Å².